The molecule has 2 aromatic carbocycles. The number of anilines is 2. The van der Waals surface area contributed by atoms with Crippen LogP contribution in [0.3, 0.4) is 0 Å². The van der Waals surface area contributed by atoms with Crippen molar-refractivity contribution < 1.29 is 4.79 Å². The number of rotatable bonds is 6. The average Bonchev–Trinajstić information content (AvgIpc) is 2.68. The zero-order valence-electron chi connectivity index (χ0n) is 14.2. The summed E-state index contributed by atoms with van der Waals surface area (Å²) in [5.41, 5.74) is 4.65. The summed E-state index contributed by atoms with van der Waals surface area (Å²) in [6.45, 7) is 2.62. The summed E-state index contributed by atoms with van der Waals surface area (Å²) in [6, 6.07) is 19.9. The molecule has 0 radical (unpaired) electrons. The predicted molar refractivity (Wildman–Crippen MR) is 101 cm³/mol. The van der Waals surface area contributed by atoms with Crippen LogP contribution in [0.1, 0.15) is 28.4 Å². The quantitative estimate of drug-likeness (QED) is 0.707. The van der Waals surface area contributed by atoms with Gasteiger partial charge in [-0.25, -0.2) is 0 Å². The first-order valence-electron chi connectivity index (χ1n) is 8.38. The van der Waals surface area contributed by atoms with Crippen molar-refractivity contribution in [3.63, 3.8) is 0 Å². The van der Waals surface area contributed by atoms with Crippen molar-refractivity contribution in [3.8, 4) is 0 Å². The lowest BCUT2D eigenvalue weighted by molar-refractivity contribution is 0.0950. The van der Waals surface area contributed by atoms with Crippen molar-refractivity contribution in [1.82, 2.24) is 10.3 Å². The molecule has 0 aliphatic rings. The molecule has 0 saturated heterocycles. The van der Waals surface area contributed by atoms with E-state index in [0.717, 1.165) is 23.4 Å². The Labute approximate surface area is 147 Å². The van der Waals surface area contributed by atoms with Gasteiger partial charge in [-0.1, -0.05) is 49.4 Å². The van der Waals surface area contributed by atoms with E-state index < -0.39 is 0 Å². The predicted octanol–water partition coefficient (Wildman–Crippen LogP) is 4.32. The molecule has 0 aliphatic heterocycles. The molecule has 1 aromatic heterocycles. The van der Waals surface area contributed by atoms with E-state index in [9.17, 15) is 4.79 Å². The van der Waals surface area contributed by atoms with Gasteiger partial charge in [0.2, 0.25) is 0 Å². The minimum absolute atomic E-state index is 0.138. The van der Waals surface area contributed by atoms with Crippen molar-refractivity contribution in [2.45, 2.75) is 19.9 Å². The van der Waals surface area contributed by atoms with Gasteiger partial charge in [0.05, 0.1) is 17.4 Å². The molecule has 0 fully saturated rings. The van der Waals surface area contributed by atoms with Crippen LogP contribution in [0.4, 0.5) is 11.4 Å². The fourth-order valence-corrected chi connectivity index (χ4v) is 2.50. The molecule has 2 N–H and O–H groups in total. The zero-order chi connectivity index (χ0) is 17.5. The molecule has 0 saturated carbocycles. The number of pyridine rings is 1. The number of hydrogen-bond donors (Lipinski definition) is 2. The van der Waals surface area contributed by atoms with Crippen LogP contribution >= 0.6 is 0 Å². The van der Waals surface area contributed by atoms with Gasteiger partial charge in [0, 0.05) is 18.4 Å². The summed E-state index contributed by atoms with van der Waals surface area (Å²) < 4.78 is 0. The van der Waals surface area contributed by atoms with Gasteiger partial charge in [-0.3, -0.25) is 9.78 Å². The molecule has 126 valence electrons. The summed E-state index contributed by atoms with van der Waals surface area (Å²) in [6.07, 6.45) is 4.30. The number of carbonyl (C=O) groups is 1. The van der Waals surface area contributed by atoms with E-state index in [2.05, 4.69) is 34.7 Å². The Balaban J connectivity index is 1.64. The second-order valence-electron chi connectivity index (χ2n) is 5.81. The smallest absolute Gasteiger partial charge is 0.253 e. The van der Waals surface area contributed by atoms with Crippen molar-refractivity contribution in [3.05, 3.63) is 89.7 Å². The van der Waals surface area contributed by atoms with E-state index in [-0.39, 0.29) is 5.91 Å². The normalized spacial score (nSPS) is 10.3. The third-order valence-electron chi connectivity index (χ3n) is 3.95. The molecule has 0 aliphatic carbocycles. The largest absolute Gasteiger partial charge is 0.354 e. The Bertz CT molecular complexity index is 829. The van der Waals surface area contributed by atoms with Crippen LogP contribution in [0.25, 0.3) is 0 Å². The summed E-state index contributed by atoms with van der Waals surface area (Å²) in [4.78, 5) is 16.5. The van der Waals surface area contributed by atoms with Gasteiger partial charge in [0.15, 0.2) is 0 Å². The van der Waals surface area contributed by atoms with Gasteiger partial charge in [-0.15, -0.1) is 0 Å². The minimum atomic E-state index is -0.138. The van der Waals surface area contributed by atoms with Gasteiger partial charge in [0.1, 0.15) is 0 Å². The summed E-state index contributed by atoms with van der Waals surface area (Å²) in [5.74, 6) is -0.138. The van der Waals surface area contributed by atoms with Crippen LogP contribution in [0, 0.1) is 0 Å². The zero-order valence-corrected chi connectivity index (χ0v) is 14.2. The first-order valence-corrected chi connectivity index (χ1v) is 8.38. The fraction of sp³-hybridized carbons (Fsp3) is 0.143. The maximum Gasteiger partial charge on any atom is 0.253 e. The monoisotopic (exact) mass is 331 g/mol. The van der Waals surface area contributed by atoms with Crippen molar-refractivity contribution in [2.24, 2.45) is 0 Å². The Morgan fingerprint density at radius 2 is 1.68 bits per heavy atom. The molecule has 0 bridgehead atoms. The second kappa shape index (κ2) is 8.11. The van der Waals surface area contributed by atoms with E-state index in [1.165, 1.54) is 5.56 Å². The lowest BCUT2D eigenvalue weighted by Gasteiger charge is -2.09. The van der Waals surface area contributed by atoms with E-state index in [4.69, 9.17) is 0 Å². The number of aryl methyl sites for hydroxylation is 1. The second-order valence-corrected chi connectivity index (χ2v) is 5.81. The lowest BCUT2D eigenvalue weighted by atomic mass is 10.1. The molecule has 1 heterocycles. The first-order chi connectivity index (χ1) is 12.2. The van der Waals surface area contributed by atoms with Crippen LogP contribution in [0.15, 0.2) is 73.1 Å². The van der Waals surface area contributed by atoms with E-state index >= 15 is 0 Å². The van der Waals surface area contributed by atoms with Crippen molar-refractivity contribution in [1.29, 1.82) is 0 Å². The molecule has 0 unspecified atom stereocenters. The highest BCUT2D eigenvalue weighted by Gasteiger charge is 2.07. The highest BCUT2D eigenvalue weighted by Crippen LogP contribution is 2.17. The molecule has 0 atom stereocenters. The standard InChI is InChI=1S/C21H21N3O/c1-2-16-8-10-19(11-9-16)24-20-12-18(14-22-15-20)21(25)23-13-17-6-4-3-5-7-17/h3-12,14-15,24H,2,13H2,1H3,(H,23,25). The maximum absolute atomic E-state index is 12.3. The number of aromatic nitrogens is 1. The van der Waals surface area contributed by atoms with E-state index in [1.807, 2.05) is 42.5 Å². The maximum atomic E-state index is 12.3. The van der Waals surface area contributed by atoms with Crippen LogP contribution in [-0.4, -0.2) is 10.9 Å². The number of nitrogens with zero attached hydrogens (tertiary/aromatic N) is 1. The summed E-state index contributed by atoms with van der Waals surface area (Å²) in [5, 5.41) is 6.20. The van der Waals surface area contributed by atoms with Crippen LogP contribution in [-0.2, 0) is 13.0 Å². The highest BCUT2D eigenvalue weighted by molar-refractivity contribution is 5.94. The molecule has 0 spiro atoms. The summed E-state index contributed by atoms with van der Waals surface area (Å²) >= 11 is 0. The van der Waals surface area contributed by atoms with Crippen LogP contribution in [0.5, 0.6) is 0 Å². The van der Waals surface area contributed by atoms with Gasteiger partial charge >= 0.3 is 0 Å². The SMILES string of the molecule is CCc1ccc(Nc2cncc(C(=O)NCc3ccccc3)c2)cc1. The molecule has 25 heavy (non-hydrogen) atoms. The lowest BCUT2D eigenvalue weighted by Crippen LogP contribution is -2.22. The number of carbonyl (C=O) groups excluding carboxylic acids is 1. The van der Waals surface area contributed by atoms with Crippen LogP contribution < -0.4 is 10.6 Å². The minimum Gasteiger partial charge on any atom is -0.354 e. The third kappa shape index (κ3) is 4.67. The number of hydrogen-bond acceptors (Lipinski definition) is 3. The Hall–Kier alpha value is -3.14. The van der Waals surface area contributed by atoms with Gasteiger partial charge in [-0.2, -0.15) is 0 Å². The summed E-state index contributed by atoms with van der Waals surface area (Å²) in [7, 11) is 0. The fourth-order valence-electron chi connectivity index (χ4n) is 2.50. The number of amides is 1. The van der Waals surface area contributed by atoms with Crippen molar-refractivity contribution in [2.75, 3.05) is 5.32 Å². The van der Waals surface area contributed by atoms with E-state index in [0.29, 0.717) is 12.1 Å². The Morgan fingerprint density at radius 3 is 2.40 bits per heavy atom. The average molecular weight is 331 g/mol. The van der Waals surface area contributed by atoms with Crippen LogP contribution in [0.2, 0.25) is 0 Å². The Kier molecular flexibility index (Phi) is 5.42. The van der Waals surface area contributed by atoms with Crippen molar-refractivity contribution >= 4 is 17.3 Å². The Morgan fingerprint density at radius 1 is 0.920 bits per heavy atom. The van der Waals surface area contributed by atoms with Gasteiger partial charge in [0.25, 0.3) is 5.91 Å². The molecule has 3 aromatic rings. The van der Waals surface area contributed by atoms with Gasteiger partial charge < -0.3 is 10.6 Å². The topological polar surface area (TPSA) is 54.0 Å². The molecule has 1 amide bonds. The molecule has 4 nitrogen and oxygen atoms in total. The van der Waals surface area contributed by atoms with E-state index in [1.54, 1.807) is 18.5 Å². The highest BCUT2D eigenvalue weighted by atomic mass is 16.1. The first kappa shape index (κ1) is 16.7. The molecular weight excluding hydrogens is 310 g/mol. The number of nitrogens with one attached hydrogen (secondary N) is 2. The molecular formula is C21H21N3O. The van der Waals surface area contributed by atoms with Gasteiger partial charge in [-0.05, 0) is 35.7 Å². The molecule has 3 rings (SSSR count). The number of benzene rings is 2. The third-order valence-corrected chi connectivity index (χ3v) is 3.95. The molecule has 4 heteroatoms.